The zero-order valence-electron chi connectivity index (χ0n) is 17.1. The Hall–Kier alpha value is -3.65. The molecule has 8 nitrogen and oxygen atoms in total. The lowest BCUT2D eigenvalue weighted by Gasteiger charge is -2.13. The second-order valence-electron chi connectivity index (χ2n) is 7.08. The molecule has 4 rings (SSSR count). The fraction of sp³-hybridized carbons (Fsp3) is 0.227. The van der Waals surface area contributed by atoms with Gasteiger partial charge in [-0.2, -0.15) is 10.2 Å². The van der Waals surface area contributed by atoms with Crippen molar-refractivity contribution in [2.24, 2.45) is 7.05 Å². The number of methoxy groups -OCH3 is 1. The fourth-order valence-electron chi connectivity index (χ4n) is 3.24. The number of hydrogen-bond donors (Lipinski definition) is 0. The van der Waals surface area contributed by atoms with E-state index in [0.29, 0.717) is 18.1 Å². The van der Waals surface area contributed by atoms with Gasteiger partial charge in [-0.25, -0.2) is 14.6 Å². The van der Waals surface area contributed by atoms with E-state index >= 15 is 0 Å². The minimum atomic E-state index is -0.200. The summed E-state index contributed by atoms with van der Waals surface area (Å²) >= 11 is 0. The average Bonchev–Trinajstić information content (AvgIpc) is 3.21. The molecule has 0 bridgehead atoms. The van der Waals surface area contributed by atoms with Crippen LogP contribution in [0.5, 0.6) is 0 Å². The smallest absolute Gasteiger partial charge is 0.203 e. The molecule has 0 amide bonds. The monoisotopic (exact) mass is 402 g/mol. The lowest BCUT2D eigenvalue weighted by atomic mass is 9.95. The molecule has 152 valence electrons. The van der Waals surface area contributed by atoms with Gasteiger partial charge in [0.25, 0.3) is 0 Å². The van der Waals surface area contributed by atoms with Crippen molar-refractivity contribution in [2.75, 3.05) is 7.11 Å². The number of benzene rings is 1. The van der Waals surface area contributed by atoms with Gasteiger partial charge in [0, 0.05) is 55.9 Å². The van der Waals surface area contributed by atoms with Crippen molar-refractivity contribution in [3.05, 3.63) is 88.4 Å². The van der Waals surface area contributed by atoms with Gasteiger partial charge in [-0.1, -0.05) is 25.1 Å². The molecule has 0 saturated carbocycles. The van der Waals surface area contributed by atoms with E-state index < -0.39 is 0 Å². The first-order chi connectivity index (χ1) is 14.5. The van der Waals surface area contributed by atoms with Crippen LogP contribution in [0.3, 0.4) is 0 Å². The Kier molecular flexibility index (Phi) is 5.49. The van der Waals surface area contributed by atoms with Crippen LogP contribution in [-0.2, 0) is 18.4 Å². The van der Waals surface area contributed by atoms with Crippen LogP contribution in [0.25, 0.3) is 17.1 Å². The first-order valence-electron chi connectivity index (χ1n) is 9.54. The van der Waals surface area contributed by atoms with E-state index in [0.717, 1.165) is 22.4 Å². The highest BCUT2D eigenvalue weighted by Gasteiger charge is 2.16. The predicted octanol–water partition coefficient (Wildman–Crippen LogP) is 2.72. The second-order valence-corrected chi connectivity index (χ2v) is 7.08. The van der Waals surface area contributed by atoms with Crippen molar-refractivity contribution in [3.63, 3.8) is 0 Å². The third kappa shape index (κ3) is 4.04. The van der Waals surface area contributed by atoms with Crippen molar-refractivity contribution in [3.8, 4) is 17.1 Å². The second kappa shape index (κ2) is 8.38. The molecule has 0 radical (unpaired) electrons. The summed E-state index contributed by atoms with van der Waals surface area (Å²) in [5, 5.41) is 8.74. The number of rotatable bonds is 6. The summed E-state index contributed by atoms with van der Waals surface area (Å²) < 4.78 is 8.47. The van der Waals surface area contributed by atoms with E-state index in [1.807, 2.05) is 44.4 Å². The van der Waals surface area contributed by atoms with Crippen molar-refractivity contribution >= 4 is 0 Å². The maximum atomic E-state index is 12.5. The van der Waals surface area contributed by atoms with Crippen LogP contribution in [-0.4, -0.2) is 36.6 Å². The molecular weight excluding hydrogens is 380 g/mol. The van der Waals surface area contributed by atoms with Crippen LogP contribution in [0.15, 0.2) is 66.1 Å². The number of nitrogens with zero attached hydrogens (tertiary/aromatic N) is 6. The van der Waals surface area contributed by atoms with Crippen LogP contribution < -0.4 is 5.43 Å². The lowest BCUT2D eigenvalue weighted by molar-refractivity contribution is 0.184. The highest BCUT2D eigenvalue weighted by atomic mass is 16.5. The molecule has 1 aromatic carbocycles. The van der Waals surface area contributed by atoms with E-state index in [1.54, 1.807) is 41.3 Å². The van der Waals surface area contributed by atoms with Crippen molar-refractivity contribution in [2.45, 2.75) is 19.4 Å². The van der Waals surface area contributed by atoms with Crippen LogP contribution in [0.4, 0.5) is 0 Å². The SMILES string of the molecule is COCc1cnc(-c2cccc(C(C)c3nn(-c4cnn(C)c4)ccc3=O)c2)nc1. The molecule has 30 heavy (non-hydrogen) atoms. The van der Waals surface area contributed by atoms with Gasteiger partial charge in [0.05, 0.1) is 19.0 Å². The van der Waals surface area contributed by atoms with Crippen LogP contribution >= 0.6 is 0 Å². The van der Waals surface area contributed by atoms with Crippen LogP contribution in [0, 0.1) is 0 Å². The largest absolute Gasteiger partial charge is 0.380 e. The molecule has 4 aromatic rings. The molecule has 8 heteroatoms. The Morgan fingerprint density at radius 1 is 1.13 bits per heavy atom. The van der Waals surface area contributed by atoms with Crippen molar-refractivity contribution in [1.82, 2.24) is 29.5 Å². The van der Waals surface area contributed by atoms with E-state index in [-0.39, 0.29) is 11.3 Å². The maximum absolute atomic E-state index is 12.5. The van der Waals surface area contributed by atoms with Gasteiger partial charge in [0.1, 0.15) is 11.4 Å². The summed E-state index contributed by atoms with van der Waals surface area (Å²) in [6, 6.07) is 9.41. The summed E-state index contributed by atoms with van der Waals surface area (Å²) in [7, 11) is 3.48. The Morgan fingerprint density at radius 3 is 2.63 bits per heavy atom. The Balaban J connectivity index is 1.66. The highest BCUT2D eigenvalue weighted by molar-refractivity contribution is 5.56. The number of ether oxygens (including phenoxy) is 1. The molecule has 3 aromatic heterocycles. The maximum Gasteiger partial charge on any atom is 0.203 e. The number of aryl methyl sites for hydroxylation is 1. The topological polar surface area (TPSA) is 87.7 Å². The average molecular weight is 402 g/mol. The van der Waals surface area contributed by atoms with Gasteiger partial charge in [-0.05, 0) is 11.6 Å². The van der Waals surface area contributed by atoms with Crippen LogP contribution in [0.2, 0.25) is 0 Å². The van der Waals surface area contributed by atoms with Gasteiger partial charge < -0.3 is 4.74 Å². The standard InChI is InChI=1S/C22H22N6O2/c1-15(21-20(29)7-8-28(26-21)19-12-25-27(2)13-19)17-5-4-6-18(9-17)22-23-10-16(11-24-22)14-30-3/h4-13,15H,14H2,1-3H3. The molecule has 1 atom stereocenters. The first-order valence-corrected chi connectivity index (χ1v) is 9.54. The third-order valence-corrected chi connectivity index (χ3v) is 4.86. The van der Waals surface area contributed by atoms with Gasteiger partial charge in [0.2, 0.25) is 5.43 Å². The van der Waals surface area contributed by atoms with Crippen molar-refractivity contribution < 1.29 is 4.74 Å². The van der Waals surface area contributed by atoms with Gasteiger partial charge in [-0.3, -0.25) is 9.48 Å². The quantitative estimate of drug-likeness (QED) is 0.493. The summed E-state index contributed by atoms with van der Waals surface area (Å²) in [4.78, 5) is 21.4. The molecule has 0 aliphatic carbocycles. The number of aromatic nitrogens is 6. The van der Waals surface area contributed by atoms with E-state index in [2.05, 4.69) is 20.2 Å². The summed E-state index contributed by atoms with van der Waals surface area (Å²) in [6.07, 6.45) is 8.72. The lowest BCUT2D eigenvalue weighted by Crippen LogP contribution is -2.18. The molecule has 0 N–H and O–H groups in total. The highest BCUT2D eigenvalue weighted by Crippen LogP contribution is 2.25. The fourth-order valence-corrected chi connectivity index (χ4v) is 3.24. The molecule has 0 spiro atoms. The Morgan fingerprint density at radius 2 is 1.93 bits per heavy atom. The van der Waals surface area contributed by atoms with Gasteiger partial charge in [-0.15, -0.1) is 0 Å². The summed E-state index contributed by atoms with van der Waals surface area (Å²) in [5.41, 5.74) is 3.92. The molecule has 0 fully saturated rings. The summed E-state index contributed by atoms with van der Waals surface area (Å²) in [5.74, 6) is 0.423. The third-order valence-electron chi connectivity index (χ3n) is 4.86. The zero-order valence-corrected chi connectivity index (χ0v) is 17.1. The Labute approximate surface area is 173 Å². The van der Waals surface area contributed by atoms with Gasteiger partial charge >= 0.3 is 0 Å². The van der Waals surface area contributed by atoms with E-state index in [4.69, 9.17) is 4.74 Å². The predicted molar refractivity (Wildman–Crippen MR) is 112 cm³/mol. The van der Waals surface area contributed by atoms with Crippen LogP contribution in [0.1, 0.15) is 29.7 Å². The molecule has 0 aliphatic rings. The minimum absolute atomic E-state index is 0.104. The molecule has 3 heterocycles. The first kappa shape index (κ1) is 19.7. The Bertz CT molecular complexity index is 1210. The minimum Gasteiger partial charge on any atom is -0.380 e. The zero-order chi connectivity index (χ0) is 21.1. The van der Waals surface area contributed by atoms with Crippen molar-refractivity contribution in [1.29, 1.82) is 0 Å². The molecular formula is C22H22N6O2. The number of hydrogen-bond acceptors (Lipinski definition) is 6. The summed E-state index contributed by atoms with van der Waals surface area (Å²) in [6.45, 7) is 2.44. The van der Waals surface area contributed by atoms with E-state index in [9.17, 15) is 4.79 Å². The molecule has 0 aliphatic heterocycles. The molecule has 0 saturated heterocycles. The molecule has 1 unspecified atom stereocenters. The van der Waals surface area contributed by atoms with E-state index in [1.165, 1.54) is 6.07 Å². The normalized spacial score (nSPS) is 12.1. The van der Waals surface area contributed by atoms with Gasteiger partial charge in [0.15, 0.2) is 5.82 Å².